The highest BCUT2D eigenvalue weighted by Gasteiger charge is 2.35. The average Bonchev–Trinajstić information content (AvgIpc) is 2.88. The Hall–Kier alpha value is -2.32. The van der Waals surface area contributed by atoms with Crippen LogP contribution >= 0.6 is 0 Å². The first-order valence-corrected chi connectivity index (χ1v) is 7.18. The first kappa shape index (κ1) is 16.1. The number of esters is 1. The standard InChI is InChI=1S/C17H19NO4/c1-11-3-5-13(6-4-11)17(20)21-10-15-7-12(2)16(22-15)14(8-18)9-19/h3-6,9,12,15-16,19H,7,10H2,1-2H3/b14-9+/t12?,15-,16-/m0/s1. The van der Waals surface area contributed by atoms with Crippen molar-refractivity contribution < 1.29 is 19.4 Å². The van der Waals surface area contributed by atoms with Crippen LogP contribution in [0, 0.1) is 24.2 Å². The van der Waals surface area contributed by atoms with Crippen molar-refractivity contribution in [2.45, 2.75) is 32.5 Å². The monoisotopic (exact) mass is 301 g/mol. The van der Waals surface area contributed by atoms with Crippen LogP contribution in [0.25, 0.3) is 0 Å². The number of rotatable bonds is 4. The Bertz CT molecular complexity index is 600. The molecule has 1 aliphatic rings. The highest BCUT2D eigenvalue weighted by Crippen LogP contribution is 2.30. The van der Waals surface area contributed by atoms with Crippen LogP contribution in [0.2, 0.25) is 0 Å². The van der Waals surface area contributed by atoms with Crippen LogP contribution in [0.1, 0.15) is 29.3 Å². The van der Waals surface area contributed by atoms with Gasteiger partial charge in [0.2, 0.25) is 0 Å². The van der Waals surface area contributed by atoms with Crippen molar-refractivity contribution in [1.29, 1.82) is 5.26 Å². The number of carbonyl (C=O) groups excluding carboxylic acids is 1. The third kappa shape index (κ3) is 3.66. The molecule has 1 aromatic carbocycles. The Labute approximate surface area is 129 Å². The van der Waals surface area contributed by atoms with E-state index in [4.69, 9.17) is 19.8 Å². The number of benzene rings is 1. The summed E-state index contributed by atoms with van der Waals surface area (Å²) in [5, 5.41) is 18.0. The zero-order valence-electron chi connectivity index (χ0n) is 12.7. The normalized spacial score (nSPS) is 24.8. The van der Waals surface area contributed by atoms with Gasteiger partial charge in [-0.1, -0.05) is 24.6 Å². The largest absolute Gasteiger partial charge is 0.514 e. The van der Waals surface area contributed by atoms with Crippen LogP contribution in [0.5, 0.6) is 0 Å². The minimum absolute atomic E-state index is 0.0844. The molecule has 1 heterocycles. The van der Waals surface area contributed by atoms with E-state index in [0.717, 1.165) is 11.8 Å². The molecule has 0 saturated carbocycles. The number of nitriles is 1. The van der Waals surface area contributed by atoms with Gasteiger partial charge >= 0.3 is 5.97 Å². The van der Waals surface area contributed by atoms with Gasteiger partial charge in [-0.2, -0.15) is 5.26 Å². The summed E-state index contributed by atoms with van der Waals surface area (Å²) < 4.78 is 11.0. The van der Waals surface area contributed by atoms with Crippen LogP contribution in [-0.2, 0) is 9.47 Å². The molecule has 2 rings (SSSR count). The number of nitrogens with zero attached hydrogens (tertiary/aromatic N) is 1. The van der Waals surface area contributed by atoms with E-state index in [0.29, 0.717) is 12.0 Å². The third-order valence-corrected chi connectivity index (χ3v) is 3.75. The Balaban J connectivity index is 1.89. The Morgan fingerprint density at radius 3 is 2.77 bits per heavy atom. The zero-order valence-corrected chi connectivity index (χ0v) is 12.7. The molecule has 116 valence electrons. The fourth-order valence-electron chi connectivity index (χ4n) is 2.53. The maximum Gasteiger partial charge on any atom is 0.338 e. The lowest BCUT2D eigenvalue weighted by atomic mass is 9.97. The van der Waals surface area contributed by atoms with Crippen molar-refractivity contribution in [2.75, 3.05) is 6.61 Å². The molecular formula is C17H19NO4. The smallest absolute Gasteiger partial charge is 0.338 e. The molecule has 0 aromatic heterocycles. The number of hydrogen-bond acceptors (Lipinski definition) is 5. The fourth-order valence-corrected chi connectivity index (χ4v) is 2.53. The first-order chi connectivity index (χ1) is 10.5. The highest BCUT2D eigenvalue weighted by atomic mass is 16.6. The lowest BCUT2D eigenvalue weighted by Crippen LogP contribution is -2.21. The summed E-state index contributed by atoms with van der Waals surface area (Å²) >= 11 is 0. The van der Waals surface area contributed by atoms with Gasteiger partial charge in [0.15, 0.2) is 0 Å². The van der Waals surface area contributed by atoms with Crippen molar-refractivity contribution in [3.8, 4) is 6.07 Å². The molecule has 3 atom stereocenters. The summed E-state index contributed by atoms with van der Waals surface area (Å²) in [7, 11) is 0. The third-order valence-electron chi connectivity index (χ3n) is 3.75. The second kappa shape index (κ2) is 7.10. The quantitative estimate of drug-likeness (QED) is 0.525. The second-order valence-electron chi connectivity index (χ2n) is 5.55. The average molecular weight is 301 g/mol. The van der Waals surface area contributed by atoms with Crippen molar-refractivity contribution in [2.24, 2.45) is 5.92 Å². The summed E-state index contributed by atoms with van der Waals surface area (Å²) in [6.07, 6.45) is 0.739. The highest BCUT2D eigenvalue weighted by molar-refractivity contribution is 5.89. The van der Waals surface area contributed by atoms with Crippen molar-refractivity contribution in [1.82, 2.24) is 0 Å². The summed E-state index contributed by atoms with van der Waals surface area (Å²) in [5.74, 6) is -0.306. The van der Waals surface area contributed by atoms with E-state index in [1.807, 2.05) is 32.0 Å². The van der Waals surface area contributed by atoms with Crippen LogP contribution in [-0.4, -0.2) is 29.9 Å². The van der Waals surface area contributed by atoms with E-state index in [1.165, 1.54) is 0 Å². The molecule has 5 heteroatoms. The SMILES string of the molecule is Cc1ccc(C(=O)OC[C@@H]2CC(C)[C@@H](/C(C#N)=C/O)O2)cc1. The number of aliphatic hydroxyl groups excluding tert-OH is 1. The molecule has 1 N–H and O–H groups in total. The minimum atomic E-state index is -0.446. The molecule has 0 aliphatic carbocycles. The Morgan fingerprint density at radius 1 is 1.50 bits per heavy atom. The van der Waals surface area contributed by atoms with Gasteiger partial charge < -0.3 is 14.6 Å². The van der Waals surface area contributed by atoms with Gasteiger partial charge in [0, 0.05) is 0 Å². The van der Waals surface area contributed by atoms with Crippen LogP contribution in [0.15, 0.2) is 36.1 Å². The molecule has 5 nitrogen and oxygen atoms in total. The topological polar surface area (TPSA) is 79.6 Å². The van der Waals surface area contributed by atoms with Gasteiger partial charge in [-0.25, -0.2) is 4.79 Å². The Morgan fingerprint density at radius 2 is 2.18 bits per heavy atom. The van der Waals surface area contributed by atoms with Gasteiger partial charge in [-0.15, -0.1) is 0 Å². The minimum Gasteiger partial charge on any atom is -0.514 e. The van der Waals surface area contributed by atoms with Gasteiger partial charge in [0.05, 0.1) is 29.6 Å². The predicted molar refractivity (Wildman–Crippen MR) is 80.2 cm³/mol. The number of carbonyl (C=O) groups is 1. The lowest BCUT2D eigenvalue weighted by Gasteiger charge is -2.14. The number of ether oxygens (including phenoxy) is 2. The molecule has 0 bridgehead atoms. The van der Waals surface area contributed by atoms with Crippen LogP contribution in [0.3, 0.4) is 0 Å². The van der Waals surface area contributed by atoms with Crippen LogP contribution in [0.4, 0.5) is 0 Å². The van der Waals surface area contributed by atoms with E-state index in [2.05, 4.69) is 0 Å². The van der Waals surface area contributed by atoms with Crippen molar-refractivity contribution >= 4 is 5.97 Å². The molecule has 0 radical (unpaired) electrons. The zero-order chi connectivity index (χ0) is 16.1. The molecule has 1 unspecified atom stereocenters. The van der Waals surface area contributed by atoms with Crippen molar-refractivity contribution in [3.63, 3.8) is 0 Å². The van der Waals surface area contributed by atoms with Gasteiger partial charge in [0.1, 0.15) is 12.7 Å². The van der Waals surface area contributed by atoms with E-state index in [9.17, 15) is 4.79 Å². The van der Waals surface area contributed by atoms with Crippen LogP contribution < -0.4 is 0 Å². The molecule has 1 aromatic rings. The molecule has 1 saturated heterocycles. The summed E-state index contributed by atoms with van der Waals surface area (Å²) in [4.78, 5) is 11.9. The second-order valence-corrected chi connectivity index (χ2v) is 5.55. The molecule has 0 amide bonds. The predicted octanol–water partition coefficient (Wildman–Crippen LogP) is 2.91. The molecule has 22 heavy (non-hydrogen) atoms. The molecule has 1 fully saturated rings. The Kier molecular flexibility index (Phi) is 5.18. The number of hydrogen-bond donors (Lipinski definition) is 1. The van der Waals surface area contributed by atoms with Gasteiger partial charge in [-0.05, 0) is 31.4 Å². The van der Waals surface area contributed by atoms with E-state index in [1.54, 1.807) is 12.1 Å². The van der Waals surface area contributed by atoms with E-state index in [-0.39, 0.29) is 24.2 Å². The summed E-state index contributed by atoms with van der Waals surface area (Å²) in [5.41, 5.74) is 1.77. The van der Waals surface area contributed by atoms with Gasteiger partial charge in [-0.3, -0.25) is 0 Å². The van der Waals surface area contributed by atoms with E-state index < -0.39 is 12.1 Å². The first-order valence-electron chi connectivity index (χ1n) is 7.18. The molecule has 1 aliphatic heterocycles. The van der Waals surface area contributed by atoms with Crippen molar-refractivity contribution in [3.05, 3.63) is 47.2 Å². The summed E-state index contributed by atoms with van der Waals surface area (Å²) in [6, 6.07) is 9.07. The fraction of sp³-hybridized carbons (Fsp3) is 0.412. The maximum absolute atomic E-state index is 11.9. The summed E-state index contributed by atoms with van der Waals surface area (Å²) in [6.45, 7) is 4.02. The number of aliphatic hydroxyl groups is 1. The van der Waals surface area contributed by atoms with Gasteiger partial charge in [0.25, 0.3) is 0 Å². The number of aryl methyl sites for hydroxylation is 1. The molecular weight excluding hydrogens is 282 g/mol. The maximum atomic E-state index is 11.9. The lowest BCUT2D eigenvalue weighted by molar-refractivity contribution is -0.000142. The molecule has 0 spiro atoms. The van der Waals surface area contributed by atoms with E-state index >= 15 is 0 Å².